The summed E-state index contributed by atoms with van der Waals surface area (Å²) in [6.45, 7) is 0. The Morgan fingerprint density at radius 1 is 1.38 bits per heavy atom. The van der Waals surface area contributed by atoms with Crippen LogP contribution in [0.25, 0.3) is 0 Å². The molecule has 0 saturated carbocycles. The van der Waals surface area contributed by atoms with E-state index in [0.29, 0.717) is 5.56 Å². The van der Waals surface area contributed by atoms with Gasteiger partial charge in [0.2, 0.25) is 0 Å². The van der Waals surface area contributed by atoms with Crippen molar-refractivity contribution in [3.8, 4) is 0 Å². The maximum atomic E-state index is 11.2. The Balaban J connectivity index is 2.59. The van der Waals surface area contributed by atoms with Gasteiger partial charge in [0.15, 0.2) is 0 Å². The minimum atomic E-state index is -1.01. The zero-order chi connectivity index (χ0) is 9.68. The molecule has 0 heterocycles. The number of hydrogen-bond donors (Lipinski definition) is 1. The number of hydrogen-bond acceptors (Lipinski definition) is 4. The predicted molar refractivity (Wildman–Crippen MR) is 46.8 cm³/mol. The fraction of sp³-hybridized carbons (Fsp3) is 0.222. The molecule has 13 heavy (non-hydrogen) atoms. The SMILES string of the molecule is COC(N)OC(=O)c1ccccc1. The first-order chi connectivity index (χ1) is 6.24. The molecule has 0 amide bonds. The van der Waals surface area contributed by atoms with Crippen LogP contribution in [-0.2, 0) is 9.47 Å². The van der Waals surface area contributed by atoms with Gasteiger partial charge in [-0.3, -0.25) is 5.73 Å². The number of benzene rings is 1. The zero-order valence-electron chi connectivity index (χ0n) is 7.27. The van der Waals surface area contributed by atoms with Gasteiger partial charge in [0.1, 0.15) is 0 Å². The van der Waals surface area contributed by atoms with Gasteiger partial charge < -0.3 is 9.47 Å². The monoisotopic (exact) mass is 181 g/mol. The molecule has 1 aromatic carbocycles. The molecule has 1 rings (SSSR count). The lowest BCUT2D eigenvalue weighted by Crippen LogP contribution is -2.28. The summed E-state index contributed by atoms with van der Waals surface area (Å²) in [5.74, 6) is -0.491. The van der Waals surface area contributed by atoms with E-state index in [1.165, 1.54) is 7.11 Å². The summed E-state index contributed by atoms with van der Waals surface area (Å²) < 4.78 is 9.28. The second-order valence-electron chi connectivity index (χ2n) is 2.38. The molecule has 4 heteroatoms. The molecule has 0 aliphatic heterocycles. The third kappa shape index (κ3) is 2.85. The molecule has 0 spiro atoms. The Morgan fingerprint density at radius 3 is 2.54 bits per heavy atom. The Bertz CT molecular complexity index is 273. The van der Waals surface area contributed by atoms with Crippen LogP contribution in [0.5, 0.6) is 0 Å². The molecule has 0 aliphatic carbocycles. The third-order valence-corrected chi connectivity index (χ3v) is 1.46. The smallest absolute Gasteiger partial charge is 0.341 e. The van der Waals surface area contributed by atoms with E-state index in [2.05, 4.69) is 4.74 Å². The Hall–Kier alpha value is -1.39. The van der Waals surface area contributed by atoms with Gasteiger partial charge in [-0.1, -0.05) is 18.2 Å². The van der Waals surface area contributed by atoms with E-state index < -0.39 is 12.4 Å². The average Bonchev–Trinajstić information content (AvgIpc) is 2.19. The standard InChI is InChI=1S/C9H11NO3/c1-12-9(10)13-8(11)7-5-3-2-4-6-7/h2-6,9H,10H2,1H3. The molecule has 1 aromatic rings. The van der Waals surface area contributed by atoms with Gasteiger partial charge in [-0.05, 0) is 12.1 Å². The Labute approximate surface area is 76.3 Å². The number of carbonyl (C=O) groups is 1. The van der Waals surface area contributed by atoms with Gasteiger partial charge in [0, 0.05) is 7.11 Å². The lowest BCUT2D eigenvalue weighted by atomic mass is 10.2. The number of methoxy groups -OCH3 is 1. The molecular formula is C9H11NO3. The van der Waals surface area contributed by atoms with Crippen molar-refractivity contribution in [1.82, 2.24) is 0 Å². The maximum absolute atomic E-state index is 11.2. The minimum Gasteiger partial charge on any atom is -0.418 e. The minimum absolute atomic E-state index is 0.454. The van der Waals surface area contributed by atoms with Crippen LogP contribution in [0, 0.1) is 0 Å². The lowest BCUT2D eigenvalue weighted by Gasteiger charge is -2.10. The zero-order valence-corrected chi connectivity index (χ0v) is 7.27. The van der Waals surface area contributed by atoms with Crippen LogP contribution in [0.3, 0.4) is 0 Å². The van der Waals surface area contributed by atoms with E-state index in [4.69, 9.17) is 10.5 Å². The molecule has 1 atom stereocenters. The first kappa shape index (κ1) is 9.70. The summed E-state index contributed by atoms with van der Waals surface area (Å²) in [5, 5.41) is 0. The maximum Gasteiger partial charge on any atom is 0.341 e. The number of esters is 1. The van der Waals surface area contributed by atoms with Crippen LogP contribution in [0.4, 0.5) is 0 Å². The Morgan fingerprint density at radius 2 is 2.00 bits per heavy atom. The fourth-order valence-corrected chi connectivity index (χ4v) is 0.796. The second-order valence-corrected chi connectivity index (χ2v) is 2.38. The average molecular weight is 181 g/mol. The van der Waals surface area contributed by atoms with Crippen LogP contribution < -0.4 is 5.73 Å². The summed E-state index contributed by atoms with van der Waals surface area (Å²) in [7, 11) is 1.36. The Kier molecular flexibility index (Phi) is 3.42. The van der Waals surface area contributed by atoms with Crippen molar-refractivity contribution in [3.05, 3.63) is 35.9 Å². The van der Waals surface area contributed by atoms with Gasteiger partial charge in [-0.2, -0.15) is 0 Å². The number of rotatable bonds is 3. The molecule has 0 aromatic heterocycles. The van der Waals surface area contributed by atoms with E-state index in [1.807, 2.05) is 6.07 Å². The molecule has 4 nitrogen and oxygen atoms in total. The number of carbonyl (C=O) groups excluding carboxylic acids is 1. The summed E-state index contributed by atoms with van der Waals surface area (Å²) in [5.41, 5.74) is 5.70. The largest absolute Gasteiger partial charge is 0.418 e. The summed E-state index contributed by atoms with van der Waals surface area (Å²) in [6, 6.07) is 8.59. The van der Waals surface area contributed by atoms with Gasteiger partial charge >= 0.3 is 5.97 Å². The third-order valence-electron chi connectivity index (χ3n) is 1.46. The van der Waals surface area contributed by atoms with Crippen molar-refractivity contribution in [2.75, 3.05) is 7.11 Å². The molecule has 0 radical (unpaired) electrons. The van der Waals surface area contributed by atoms with E-state index in [1.54, 1.807) is 24.3 Å². The molecular weight excluding hydrogens is 170 g/mol. The highest BCUT2D eigenvalue weighted by atomic mass is 16.7. The van der Waals surface area contributed by atoms with Gasteiger partial charge in [-0.15, -0.1) is 0 Å². The van der Waals surface area contributed by atoms with E-state index in [0.717, 1.165) is 0 Å². The lowest BCUT2D eigenvalue weighted by molar-refractivity contribution is -0.0849. The van der Waals surface area contributed by atoms with Crippen molar-refractivity contribution in [1.29, 1.82) is 0 Å². The molecule has 1 unspecified atom stereocenters. The van der Waals surface area contributed by atoms with Crippen molar-refractivity contribution in [2.24, 2.45) is 5.73 Å². The summed E-state index contributed by atoms with van der Waals surface area (Å²) in [4.78, 5) is 11.2. The van der Waals surface area contributed by atoms with Gasteiger partial charge in [0.05, 0.1) is 5.56 Å². The molecule has 0 bridgehead atoms. The molecule has 0 fully saturated rings. The van der Waals surface area contributed by atoms with Gasteiger partial charge in [0.25, 0.3) is 6.41 Å². The van der Waals surface area contributed by atoms with Crippen molar-refractivity contribution >= 4 is 5.97 Å². The van der Waals surface area contributed by atoms with E-state index in [-0.39, 0.29) is 0 Å². The van der Waals surface area contributed by atoms with Gasteiger partial charge in [-0.25, -0.2) is 4.79 Å². The molecule has 70 valence electrons. The highest BCUT2D eigenvalue weighted by molar-refractivity contribution is 5.89. The predicted octanol–water partition coefficient (Wildman–Crippen LogP) is 0.732. The van der Waals surface area contributed by atoms with Crippen molar-refractivity contribution in [3.63, 3.8) is 0 Å². The van der Waals surface area contributed by atoms with Crippen molar-refractivity contribution in [2.45, 2.75) is 6.41 Å². The first-order valence-corrected chi connectivity index (χ1v) is 3.78. The molecule has 2 N–H and O–H groups in total. The fourth-order valence-electron chi connectivity index (χ4n) is 0.796. The first-order valence-electron chi connectivity index (χ1n) is 3.78. The van der Waals surface area contributed by atoms with Crippen LogP contribution in [-0.4, -0.2) is 19.5 Å². The van der Waals surface area contributed by atoms with E-state index in [9.17, 15) is 4.79 Å². The second kappa shape index (κ2) is 4.59. The van der Waals surface area contributed by atoms with Crippen molar-refractivity contribution < 1.29 is 14.3 Å². The van der Waals surface area contributed by atoms with Crippen LogP contribution >= 0.6 is 0 Å². The quantitative estimate of drug-likeness (QED) is 0.551. The normalized spacial score (nSPS) is 12.2. The molecule has 0 saturated heterocycles. The highest BCUT2D eigenvalue weighted by Crippen LogP contribution is 2.01. The summed E-state index contributed by atoms with van der Waals surface area (Å²) in [6.07, 6.45) is -1.01. The van der Waals surface area contributed by atoms with Crippen LogP contribution in [0.1, 0.15) is 10.4 Å². The number of ether oxygens (including phenoxy) is 2. The summed E-state index contributed by atoms with van der Waals surface area (Å²) >= 11 is 0. The topological polar surface area (TPSA) is 61.6 Å². The number of nitrogens with two attached hydrogens (primary N) is 1. The van der Waals surface area contributed by atoms with E-state index >= 15 is 0 Å². The highest BCUT2D eigenvalue weighted by Gasteiger charge is 2.09. The van der Waals surface area contributed by atoms with Crippen LogP contribution in [0.2, 0.25) is 0 Å². The molecule has 0 aliphatic rings. The van der Waals surface area contributed by atoms with Crippen LogP contribution in [0.15, 0.2) is 30.3 Å².